The highest BCUT2D eigenvalue weighted by molar-refractivity contribution is 5.14. The Bertz CT molecular complexity index is 447. The highest BCUT2D eigenvalue weighted by Gasteiger charge is 2.03. The van der Waals surface area contributed by atoms with E-state index in [0.29, 0.717) is 24.8 Å². The molecule has 1 aromatic rings. The van der Waals surface area contributed by atoms with Crippen molar-refractivity contribution in [2.75, 3.05) is 0 Å². The van der Waals surface area contributed by atoms with Crippen LogP contribution in [0.4, 0.5) is 0 Å². The summed E-state index contributed by atoms with van der Waals surface area (Å²) < 4.78 is 38.4. The first-order chi connectivity index (χ1) is 9.90. The lowest BCUT2D eigenvalue weighted by Gasteiger charge is -2.10. The van der Waals surface area contributed by atoms with Crippen LogP contribution in [0.3, 0.4) is 0 Å². The van der Waals surface area contributed by atoms with Gasteiger partial charge in [0.15, 0.2) is 0 Å². The molecule has 0 spiro atoms. The number of benzene rings is 1. The molecule has 1 atom stereocenters. The van der Waals surface area contributed by atoms with Gasteiger partial charge in [0.05, 0.1) is 13.0 Å². The molecular formula is C15H24O. The highest BCUT2D eigenvalue weighted by Crippen LogP contribution is 2.11. The Hall–Kier alpha value is -0.820. The normalized spacial score (nSPS) is 17.0. The van der Waals surface area contributed by atoms with Crippen LogP contribution in [0.5, 0.6) is 0 Å². The SMILES string of the molecule is [2H]c1c([2H])c([2H])c(CCC(O)CCCCCC)c([2H])c1[2H]. The molecule has 16 heavy (non-hydrogen) atoms. The van der Waals surface area contributed by atoms with Crippen LogP contribution in [-0.4, -0.2) is 11.2 Å². The standard InChI is InChI=1S/C15H24O/c1-2-3-4-8-11-15(16)13-12-14-9-6-5-7-10-14/h5-7,9-10,15-16H,2-4,8,11-13H2,1H3/i5D,6D,7D,9D,10D. The van der Waals surface area contributed by atoms with E-state index in [2.05, 4.69) is 6.92 Å². The molecule has 0 radical (unpaired) electrons. The van der Waals surface area contributed by atoms with Gasteiger partial charge >= 0.3 is 0 Å². The predicted octanol–water partition coefficient (Wildman–Crippen LogP) is 3.95. The minimum absolute atomic E-state index is 0.154. The van der Waals surface area contributed by atoms with Gasteiger partial charge in [-0.1, -0.05) is 62.8 Å². The van der Waals surface area contributed by atoms with Gasteiger partial charge in [0.1, 0.15) is 0 Å². The van der Waals surface area contributed by atoms with Gasteiger partial charge in [0.25, 0.3) is 0 Å². The molecule has 0 bridgehead atoms. The summed E-state index contributed by atoms with van der Waals surface area (Å²) in [5, 5.41) is 9.93. The molecule has 0 aromatic heterocycles. The molecule has 0 heterocycles. The zero-order valence-corrected chi connectivity index (χ0v) is 9.97. The second kappa shape index (κ2) is 8.35. The van der Waals surface area contributed by atoms with Crippen molar-refractivity contribution in [3.63, 3.8) is 0 Å². The van der Waals surface area contributed by atoms with Crippen LogP contribution in [0.15, 0.2) is 30.2 Å². The monoisotopic (exact) mass is 225 g/mol. The molecule has 1 rings (SSSR count). The Morgan fingerprint density at radius 3 is 2.56 bits per heavy atom. The number of rotatable bonds is 8. The molecule has 0 saturated carbocycles. The summed E-state index contributed by atoms with van der Waals surface area (Å²) in [5.41, 5.74) is 0.300. The molecule has 90 valence electrons. The van der Waals surface area contributed by atoms with E-state index < -0.39 is 6.10 Å². The van der Waals surface area contributed by atoms with E-state index in [1.54, 1.807) is 0 Å². The summed E-state index contributed by atoms with van der Waals surface area (Å²) in [6, 6.07) is -1.28. The maximum atomic E-state index is 9.93. The molecular weight excluding hydrogens is 196 g/mol. The molecule has 0 amide bonds. The number of aliphatic hydroxyl groups excluding tert-OH is 1. The fraction of sp³-hybridized carbons (Fsp3) is 0.600. The third kappa shape index (κ3) is 5.92. The Morgan fingerprint density at radius 2 is 1.88 bits per heavy atom. The van der Waals surface area contributed by atoms with Crippen molar-refractivity contribution < 1.29 is 12.0 Å². The second-order valence-electron chi connectivity index (χ2n) is 4.15. The van der Waals surface area contributed by atoms with Gasteiger partial charge in [-0.25, -0.2) is 0 Å². The van der Waals surface area contributed by atoms with Crippen LogP contribution >= 0.6 is 0 Å². The second-order valence-corrected chi connectivity index (χ2v) is 4.15. The lowest BCUT2D eigenvalue weighted by atomic mass is 10.0. The van der Waals surface area contributed by atoms with E-state index in [1.165, 1.54) is 0 Å². The molecule has 1 nitrogen and oxygen atoms in total. The minimum atomic E-state index is -0.472. The molecule has 1 aromatic carbocycles. The summed E-state index contributed by atoms with van der Waals surface area (Å²) in [6.45, 7) is 2.13. The fourth-order valence-corrected chi connectivity index (χ4v) is 1.66. The van der Waals surface area contributed by atoms with Crippen molar-refractivity contribution in [1.29, 1.82) is 0 Å². The summed E-state index contributed by atoms with van der Waals surface area (Å²) in [4.78, 5) is 0. The number of unbranched alkanes of at least 4 members (excludes halogenated alkanes) is 3. The molecule has 0 aliphatic carbocycles. The Labute approximate surface area is 107 Å². The topological polar surface area (TPSA) is 20.2 Å². The summed E-state index contributed by atoms with van der Waals surface area (Å²) in [5.74, 6) is 0. The molecule has 0 fully saturated rings. The van der Waals surface area contributed by atoms with Gasteiger partial charge in [0.2, 0.25) is 0 Å². The first kappa shape index (κ1) is 7.50. The molecule has 1 N–H and O–H groups in total. The predicted molar refractivity (Wildman–Crippen MR) is 69.5 cm³/mol. The van der Waals surface area contributed by atoms with Crippen molar-refractivity contribution in [2.24, 2.45) is 0 Å². The van der Waals surface area contributed by atoms with Crippen molar-refractivity contribution in [3.05, 3.63) is 35.8 Å². The zero-order valence-electron chi connectivity index (χ0n) is 15.0. The smallest absolute Gasteiger partial charge is 0.0626 e. The summed E-state index contributed by atoms with van der Waals surface area (Å²) in [6.07, 6.45) is 5.36. The Kier molecular flexibility index (Phi) is 3.91. The lowest BCUT2D eigenvalue weighted by molar-refractivity contribution is 0.151. The Morgan fingerprint density at radius 1 is 1.12 bits per heavy atom. The summed E-state index contributed by atoms with van der Waals surface area (Å²) in [7, 11) is 0. The van der Waals surface area contributed by atoms with Gasteiger partial charge < -0.3 is 5.11 Å². The molecule has 0 saturated heterocycles. The van der Waals surface area contributed by atoms with E-state index in [4.69, 9.17) is 6.85 Å². The average molecular weight is 225 g/mol. The van der Waals surface area contributed by atoms with Gasteiger partial charge in [-0.15, -0.1) is 0 Å². The fourth-order valence-electron chi connectivity index (χ4n) is 1.66. The lowest BCUT2D eigenvalue weighted by Crippen LogP contribution is -2.07. The average Bonchev–Trinajstić information content (AvgIpc) is 2.47. The van der Waals surface area contributed by atoms with Gasteiger partial charge in [-0.05, 0) is 24.8 Å². The largest absolute Gasteiger partial charge is 0.393 e. The van der Waals surface area contributed by atoms with Crippen LogP contribution in [0.2, 0.25) is 0 Å². The third-order valence-electron chi connectivity index (χ3n) is 2.67. The molecule has 0 aliphatic heterocycles. The van der Waals surface area contributed by atoms with Crippen LogP contribution in [-0.2, 0) is 6.42 Å². The molecule has 1 unspecified atom stereocenters. The number of hydrogen-bond acceptors (Lipinski definition) is 1. The highest BCUT2D eigenvalue weighted by atomic mass is 16.3. The van der Waals surface area contributed by atoms with Crippen molar-refractivity contribution in [1.82, 2.24) is 0 Å². The number of aliphatic hydroxyl groups is 1. The molecule has 1 heteroatoms. The first-order valence-corrected chi connectivity index (χ1v) is 6.14. The van der Waals surface area contributed by atoms with Crippen molar-refractivity contribution >= 4 is 0 Å². The third-order valence-corrected chi connectivity index (χ3v) is 2.67. The Balaban J connectivity index is 2.63. The van der Waals surface area contributed by atoms with Gasteiger partial charge in [-0.2, -0.15) is 0 Å². The van der Waals surface area contributed by atoms with Crippen LogP contribution < -0.4 is 0 Å². The van der Waals surface area contributed by atoms with Crippen molar-refractivity contribution in [3.8, 4) is 0 Å². The maximum absolute atomic E-state index is 9.93. The van der Waals surface area contributed by atoms with E-state index in [-0.39, 0.29) is 30.2 Å². The zero-order chi connectivity index (χ0) is 16.0. The van der Waals surface area contributed by atoms with Crippen LogP contribution in [0.25, 0.3) is 0 Å². The van der Waals surface area contributed by atoms with Crippen LogP contribution in [0.1, 0.15) is 57.9 Å². The van der Waals surface area contributed by atoms with E-state index in [0.717, 1.165) is 25.7 Å². The quantitative estimate of drug-likeness (QED) is 0.664. The molecule has 0 aliphatic rings. The minimum Gasteiger partial charge on any atom is -0.393 e. The van der Waals surface area contributed by atoms with Gasteiger partial charge in [-0.3, -0.25) is 0 Å². The van der Waals surface area contributed by atoms with E-state index in [9.17, 15) is 5.11 Å². The van der Waals surface area contributed by atoms with E-state index in [1.807, 2.05) is 0 Å². The summed E-state index contributed by atoms with van der Waals surface area (Å²) >= 11 is 0. The van der Waals surface area contributed by atoms with E-state index >= 15 is 0 Å². The van der Waals surface area contributed by atoms with Crippen LogP contribution in [0, 0.1) is 0 Å². The first-order valence-electron chi connectivity index (χ1n) is 8.64. The number of hydrogen-bond donors (Lipinski definition) is 1. The maximum Gasteiger partial charge on any atom is 0.0626 e. The van der Waals surface area contributed by atoms with Gasteiger partial charge in [0, 0.05) is 0 Å². The van der Waals surface area contributed by atoms with Crippen molar-refractivity contribution in [2.45, 2.75) is 58.0 Å².